The Balaban J connectivity index is 0.00000144. The fourth-order valence-electron chi connectivity index (χ4n) is 0.672. The lowest BCUT2D eigenvalue weighted by atomic mass is 10.2. The molecule has 1 heterocycles. The summed E-state index contributed by atoms with van der Waals surface area (Å²) in [5.41, 5.74) is 4.28. The average molecular weight is 277 g/mol. The van der Waals surface area contributed by atoms with Gasteiger partial charge in [-0.15, -0.1) is 12.4 Å². The predicted octanol–water partition coefficient (Wildman–Crippen LogP) is 2.87. The smallest absolute Gasteiger partial charge is 0.384 e. The molecular weight excluding hydrogens is 272 g/mol. The number of nitrogens with zero attached hydrogens (tertiary/aromatic N) is 1. The van der Waals surface area contributed by atoms with E-state index in [4.69, 9.17) is 5.73 Å². The minimum atomic E-state index is -4.39. The van der Waals surface area contributed by atoms with Gasteiger partial charge in [0.1, 0.15) is 5.82 Å². The number of nitrogen functional groups attached to an aromatic ring is 1. The lowest BCUT2D eigenvalue weighted by molar-refractivity contribution is -0.138. The number of hydrogen-bond acceptors (Lipinski definition) is 2. The molecular formula is C6H5BrClF3N2. The monoisotopic (exact) mass is 276 g/mol. The number of aromatic nitrogens is 1. The van der Waals surface area contributed by atoms with Crippen molar-refractivity contribution in [3.05, 3.63) is 22.3 Å². The first-order valence-electron chi connectivity index (χ1n) is 2.89. The maximum atomic E-state index is 12.1. The van der Waals surface area contributed by atoms with E-state index in [9.17, 15) is 13.2 Å². The molecule has 0 spiro atoms. The Morgan fingerprint density at radius 2 is 1.92 bits per heavy atom. The van der Waals surface area contributed by atoms with E-state index in [0.29, 0.717) is 0 Å². The summed E-state index contributed by atoms with van der Waals surface area (Å²) in [7, 11) is 0. The fourth-order valence-corrected chi connectivity index (χ4v) is 1.11. The molecule has 0 atom stereocenters. The van der Waals surface area contributed by atoms with Crippen LogP contribution in [-0.2, 0) is 6.18 Å². The van der Waals surface area contributed by atoms with E-state index < -0.39 is 11.7 Å². The van der Waals surface area contributed by atoms with Crippen molar-refractivity contribution >= 4 is 34.2 Å². The van der Waals surface area contributed by atoms with Crippen molar-refractivity contribution in [2.75, 3.05) is 5.73 Å². The van der Waals surface area contributed by atoms with Crippen LogP contribution < -0.4 is 5.73 Å². The molecule has 1 aromatic rings. The highest BCUT2D eigenvalue weighted by Crippen LogP contribution is 2.34. The van der Waals surface area contributed by atoms with E-state index in [1.54, 1.807) is 0 Å². The van der Waals surface area contributed by atoms with Crippen LogP contribution in [0.15, 0.2) is 16.7 Å². The molecule has 0 aliphatic rings. The predicted molar refractivity (Wildman–Crippen MR) is 48.6 cm³/mol. The van der Waals surface area contributed by atoms with Gasteiger partial charge in [-0.05, 0) is 22.0 Å². The summed E-state index contributed by atoms with van der Waals surface area (Å²) in [5.74, 6) is -0.148. The Morgan fingerprint density at radius 1 is 1.38 bits per heavy atom. The van der Waals surface area contributed by atoms with Crippen molar-refractivity contribution in [2.24, 2.45) is 0 Å². The van der Waals surface area contributed by atoms with E-state index in [2.05, 4.69) is 20.9 Å². The van der Waals surface area contributed by atoms with Crippen LogP contribution in [0.5, 0.6) is 0 Å². The molecule has 0 saturated carbocycles. The standard InChI is InChI=1S/C6H4BrF3N2.ClH/c7-4-2-12-5(11)1-3(4)6(8,9)10;/h1-2H,(H2,11,12);1H. The second-order valence-electron chi connectivity index (χ2n) is 2.09. The van der Waals surface area contributed by atoms with Gasteiger partial charge in [-0.2, -0.15) is 13.2 Å². The molecule has 7 heteroatoms. The average Bonchev–Trinajstić information content (AvgIpc) is 1.92. The summed E-state index contributed by atoms with van der Waals surface area (Å²) in [6.45, 7) is 0. The number of pyridine rings is 1. The quantitative estimate of drug-likeness (QED) is 0.792. The van der Waals surface area contributed by atoms with Gasteiger partial charge in [0.2, 0.25) is 0 Å². The third kappa shape index (κ3) is 3.04. The van der Waals surface area contributed by atoms with Crippen molar-refractivity contribution < 1.29 is 13.2 Å². The summed E-state index contributed by atoms with van der Waals surface area (Å²) in [4.78, 5) is 3.48. The lowest BCUT2D eigenvalue weighted by Crippen LogP contribution is -2.07. The first kappa shape index (κ1) is 12.5. The molecule has 0 saturated heterocycles. The molecule has 74 valence electrons. The third-order valence-electron chi connectivity index (χ3n) is 1.18. The van der Waals surface area contributed by atoms with Crippen molar-refractivity contribution in [3.63, 3.8) is 0 Å². The van der Waals surface area contributed by atoms with Crippen LogP contribution in [0.2, 0.25) is 0 Å². The molecule has 2 nitrogen and oxygen atoms in total. The fraction of sp³-hybridized carbons (Fsp3) is 0.167. The van der Waals surface area contributed by atoms with Gasteiger partial charge in [0.05, 0.1) is 5.56 Å². The van der Waals surface area contributed by atoms with E-state index in [0.717, 1.165) is 12.3 Å². The van der Waals surface area contributed by atoms with Crippen LogP contribution in [0.4, 0.5) is 19.0 Å². The van der Waals surface area contributed by atoms with Gasteiger partial charge in [-0.25, -0.2) is 4.98 Å². The van der Waals surface area contributed by atoms with Crippen LogP contribution in [0.3, 0.4) is 0 Å². The highest BCUT2D eigenvalue weighted by Gasteiger charge is 2.33. The number of rotatable bonds is 0. The molecule has 13 heavy (non-hydrogen) atoms. The number of anilines is 1. The Morgan fingerprint density at radius 3 is 2.31 bits per heavy atom. The van der Waals surface area contributed by atoms with Crippen molar-refractivity contribution in [3.8, 4) is 0 Å². The second kappa shape index (κ2) is 4.15. The molecule has 0 bridgehead atoms. The molecule has 0 amide bonds. The SMILES string of the molecule is Cl.Nc1cc(C(F)(F)F)c(Br)cn1. The van der Waals surface area contributed by atoms with Crippen LogP contribution in [0.25, 0.3) is 0 Å². The first-order chi connectivity index (χ1) is 5.41. The Bertz CT molecular complexity index is 302. The largest absolute Gasteiger partial charge is 0.417 e. The molecule has 0 aliphatic carbocycles. The zero-order valence-corrected chi connectivity index (χ0v) is 8.50. The van der Waals surface area contributed by atoms with Gasteiger partial charge in [0.15, 0.2) is 0 Å². The zero-order valence-electron chi connectivity index (χ0n) is 6.10. The molecule has 0 unspecified atom stereocenters. The van der Waals surface area contributed by atoms with Gasteiger partial charge in [0.25, 0.3) is 0 Å². The van der Waals surface area contributed by atoms with Crippen LogP contribution >= 0.6 is 28.3 Å². The molecule has 1 aromatic heterocycles. The summed E-state index contributed by atoms with van der Waals surface area (Å²) in [5, 5.41) is 0. The molecule has 1 rings (SSSR count). The van der Waals surface area contributed by atoms with E-state index >= 15 is 0 Å². The maximum absolute atomic E-state index is 12.1. The van der Waals surface area contributed by atoms with Gasteiger partial charge < -0.3 is 5.73 Å². The first-order valence-corrected chi connectivity index (χ1v) is 3.69. The maximum Gasteiger partial charge on any atom is 0.417 e. The van der Waals surface area contributed by atoms with Gasteiger partial charge in [-0.1, -0.05) is 0 Å². The molecule has 0 fully saturated rings. The number of halogens is 5. The van der Waals surface area contributed by atoms with Gasteiger partial charge in [0, 0.05) is 10.7 Å². The van der Waals surface area contributed by atoms with Crippen molar-refractivity contribution in [2.45, 2.75) is 6.18 Å². The summed E-state index contributed by atoms with van der Waals surface area (Å²) in [6, 6.07) is 0.782. The number of alkyl halides is 3. The zero-order chi connectivity index (χ0) is 9.35. The Kier molecular flexibility index (Phi) is 3.99. The topological polar surface area (TPSA) is 38.9 Å². The third-order valence-corrected chi connectivity index (χ3v) is 1.81. The lowest BCUT2D eigenvalue weighted by Gasteiger charge is -2.08. The summed E-state index contributed by atoms with van der Waals surface area (Å²) < 4.78 is 36.2. The van der Waals surface area contributed by atoms with E-state index in [1.807, 2.05) is 0 Å². The van der Waals surface area contributed by atoms with E-state index in [-0.39, 0.29) is 22.7 Å². The minimum Gasteiger partial charge on any atom is -0.384 e. The molecule has 0 aromatic carbocycles. The van der Waals surface area contributed by atoms with Crippen LogP contribution in [0, 0.1) is 0 Å². The summed E-state index contributed by atoms with van der Waals surface area (Å²) >= 11 is 2.73. The van der Waals surface area contributed by atoms with Gasteiger partial charge >= 0.3 is 6.18 Å². The number of nitrogens with two attached hydrogens (primary N) is 1. The second-order valence-corrected chi connectivity index (χ2v) is 2.94. The van der Waals surface area contributed by atoms with E-state index in [1.165, 1.54) is 0 Å². The minimum absolute atomic E-state index is 0. The number of hydrogen-bond donors (Lipinski definition) is 1. The van der Waals surface area contributed by atoms with Gasteiger partial charge in [-0.3, -0.25) is 0 Å². The highest BCUT2D eigenvalue weighted by molar-refractivity contribution is 9.10. The normalized spacial score (nSPS) is 10.8. The highest BCUT2D eigenvalue weighted by atomic mass is 79.9. The molecule has 0 aliphatic heterocycles. The molecule has 0 radical (unpaired) electrons. The Labute approximate surface area is 86.9 Å². The van der Waals surface area contributed by atoms with Crippen LogP contribution in [0.1, 0.15) is 5.56 Å². The molecule has 2 N–H and O–H groups in total. The van der Waals surface area contributed by atoms with Crippen molar-refractivity contribution in [1.82, 2.24) is 4.98 Å². The van der Waals surface area contributed by atoms with Crippen molar-refractivity contribution in [1.29, 1.82) is 0 Å². The van der Waals surface area contributed by atoms with Crippen LogP contribution in [-0.4, -0.2) is 4.98 Å². The Hall–Kier alpha value is -0.490. The summed E-state index contributed by atoms with van der Waals surface area (Å²) in [6.07, 6.45) is -3.37.